The lowest BCUT2D eigenvalue weighted by Gasteiger charge is -2.19. The van der Waals surface area contributed by atoms with Gasteiger partial charge in [0.15, 0.2) is 5.65 Å². The predicted octanol–water partition coefficient (Wildman–Crippen LogP) is 2.54. The van der Waals surface area contributed by atoms with Crippen LogP contribution in [0.4, 0.5) is 5.82 Å². The van der Waals surface area contributed by atoms with E-state index in [0.717, 1.165) is 0 Å². The molecular formula is C15H17N5O. The van der Waals surface area contributed by atoms with E-state index in [2.05, 4.69) is 15.1 Å². The molecule has 0 bridgehead atoms. The van der Waals surface area contributed by atoms with Gasteiger partial charge in [-0.15, -0.1) is 0 Å². The Bertz CT molecular complexity index is 817. The first-order chi connectivity index (χ1) is 9.89. The van der Waals surface area contributed by atoms with E-state index in [-0.39, 0.29) is 11.3 Å². The van der Waals surface area contributed by atoms with Crippen LogP contribution >= 0.6 is 0 Å². The Balaban J connectivity index is 2.42. The third-order valence-electron chi connectivity index (χ3n) is 3.29. The van der Waals surface area contributed by atoms with E-state index in [0.29, 0.717) is 28.1 Å². The molecule has 21 heavy (non-hydrogen) atoms. The summed E-state index contributed by atoms with van der Waals surface area (Å²) in [5, 5.41) is 15.4. The molecule has 3 N–H and O–H groups in total. The molecule has 0 radical (unpaired) electrons. The molecule has 0 saturated heterocycles. The Hall–Kier alpha value is -2.63. The van der Waals surface area contributed by atoms with Crippen molar-refractivity contribution in [2.24, 2.45) is 0 Å². The molecule has 0 unspecified atom stereocenters. The minimum atomic E-state index is -0.262. The third kappa shape index (κ3) is 2.08. The Morgan fingerprint density at radius 3 is 2.52 bits per heavy atom. The number of aromatic nitrogens is 4. The highest BCUT2D eigenvalue weighted by molar-refractivity contribution is 5.99. The van der Waals surface area contributed by atoms with Gasteiger partial charge in [0, 0.05) is 5.56 Å². The van der Waals surface area contributed by atoms with Crippen molar-refractivity contribution in [2.75, 3.05) is 5.73 Å². The summed E-state index contributed by atoms with van der Waals surface area (Å²) in [7, 11) is 0. The van der Waals surface area contributed by atoms with Gasteiger partial charge in [-0.3, -0.25) is 0 Å². The topological polar surface area (TPSA) is 89.8 Å². The lowest BCUT2D eigenvalue weighted by molar-refractivity contribution is 0.366. The van der Waals surface area contributed by atoms with E-state index < -0.39 is 0 Å². The lowest BCUT2D eigenvalue weighted by atomic mass is 10.1. The third-order valence-corrected chi connectivity index (χ3v) is 3.29. The fraction of sp³-hybridized carbons (Fsp3) is 0.267. The molecular weight excluding hydrogens is 266 g/mol. The molecule has 0 spiro atoms. The molecule has 0 aliphatic carbocycles. The second kappa shape index (κ2) is 4.44. The van der Waals surface area contributed by atoms with Crippen molar-refractivity contribution in [3.8, 4) is 17.0 Å². The summed E-state index contributed by atoms with van der Waals surface area (Å²) in [6.45, 7) is 6.10. The summed E-state index contributed by atoms with van der Waals surface area (Å²) in [5.74, 6) is 0.509. The van der Waals surface area contributed by atoms with Crippen LogP contribution in [0.15, 0.2) is 30.6 Å². The fourth-order valence-corrected chi connectivity index (χ4v) is 2.30. The molecule has 6 nitrogen and oxygen atoms in total. The van der Waals surface area contributed by atoms with Crippen molar-refractivity contribution < 1.29 is 5.11 Å². The molecule has 0 amide bonds. The van der Waals surface area contributed by atoms with Crippen LogP contribution in [0.2, 0.25) is 0 Å². The van der Waals surface area contributed by atoms with Gasteiger partial charge in [0.2, 0.25) is 0 Å². The normalized spacial score (nSPS) is 12.0. The molecule has 0 aliphatic heterocycles. The second-order valence-electron chi connectivity index (χ2n) is 5.91. The van der Waals surface area contributed by atoms with Gasteiger partial charge in [0.1, 0.15) is 23.6 Å². The van der Waals surface area contributed by atoms with Gasteiger partial charge in [-0.25, -0.2) is 14.6 Å². The Morgan fingerprint density at radius 1 is 1.14 bits per heavy atom. The zero-order valence-corrected chi connectivity index (χ0v) is 12.2. The molecule has 6 heteroatoms. The quantitative estimate of drug-likeness (QED) is 0.716. The number of fused-ring (bicyclic) bond motifs is 1. The lowest BCUT2D eigenvalue weighted by Crippen LogP contribution is -2.23. The zero-order valence-electron chi connectivity index (χ0n) is 12.2. The van der Waals surface area contributed by atoms with Gasteiger partial charge in [0.05, 0.1) is 10.9 Å². The molecule has 108 valence electrons. The van der Waals surface area contributed by atoms with Crippen molar-refractivity contribution in [1.29, 1.82) is 0 Å². The van der Waals surface area contributed by atoms with Crippen LogP contribution in [-0.4, -0.2) is 24.9 Å². The molecule has 3 aromatic rings. The van der Waals surface area contributed by atoms with Crippen molar-refractivity contribution >= 4 is 16.9 Å². The average molecular weight is 283 g/mol. The van der Waals surface area contributed by atoms with Crippen LogP contribution in [0.1, 0.15) is 20.8 Å². The number of phenols is 1. The number of nitrogens with zero attached hydrogens (tertiary/aromatic N) is 4. The smallest absolute Gasteiger partial charge is 0.164 e. The largest absolute Gasteiger partial charge is 0.507 e. The molecule has 0 atom stereocenters. The van der Waals surface area contributed by atoms with Crippen molar-refractivity contribution in [1.82, 2.24) is 19.7 Å². The predicted molar refractivity (Wildman–Crippen MR) is 81.8 cm³/mol. The molecule has 2 heterocycles. The molecule has 0 fully saturated rings. The van der Waals surface area contributed by atoms with Gasteiger partial charge in [-0.1, -0.05) is 12.1 Å². The second-order valence-corrected chi connectivity index (χ2v) is 5.91. The van der Waals surface area contributed by atoms with Crippen LogP contribution in [0.25, 0.3) is 22.3 Å². The Labute approximate surface area is 122 Å². The molecule has 1 aromatic carbocycles. The number of benzene rings is 1. The zero-order chi connectivity index (χ0) is 15.2. The summed E-state index contributed by atoms with van der Waals surface area (Å²) >= 11 is 0. The van der Waals surface area contributed by atoms with E-state index in [9.17, 15) is 5.11 Å². The SMILES string of the molecule is CC(C)(C)n1nc(-c2ccccc2O)c2c(N)ncnc21. The van der Waals surface area contributed by atoms with Gasteiger partial charge in [-0.2, -0.15) is 5.10 Å². The van der Waals surface area contributed by atoms with E-state index in [1.165, 1.54) is 6.33 Å². The minimum Gasteiger partial charge on any atom is -0.507 e. The summed E-state index contributed by atoms with van der Waals surface area (Å²) in [4.78, 5) is 8.36. The van der Waals surface area contributed by atoms with E-state index >= 15 is 0 Å². The number of nitrogen functional groups attached to an aromatic ring is 1. The summed E-state index contributed by atoms with van der Waals surface area (Å²) in [6.07, 6.45) is 1.43. The van der Waals surface area contributed by atoms with E-state index in [1.807, 2.05) is 31.5 Å². The van der Waals surface area contributed by atoms with E-state index in [4.69, 9.17) is 5.73 Å². The summed E-state index contributed by atoms with van der Waals surface area (Å²) in [5.41, 5.74) is 7.62. The number of phenolic OH excluding ortho intramolecular Hbond substituents is 1. The molecule has 0 saturated carbocycles. The van der Waals surface area contributed by atoms with Gasteiger partial charge < -0.3 is 10.8 Å². The fourth-order valence-electron chi connectivity index (χ4n) is 2.30. The number of hydrogen-bond donors (Lipinski definition) is 2. The maximum atomic E-state index is 10.1. The van der Waals surface area contributed by atoms with Crippen LogP contribution in [-0.2, 0) is 5.54 Å². The Morgan fingerprint density at radius 2 is 1.86 bits per heavy atom. The number of aromatic hydroxyl groups is 1. The highest BCUT2D eigenvalue weighted by Crippen LogP contribution is 2.36. The highest BCUT2D eigenvalue weighted by Gasteiger charge is 2.24. The number of hydrogen-bond acceptors (Lipinski definition) is 5. The summed E-state index contributed by atoms with van der Waals surface area (Å²) in [6, 6.07) is 7.03. The summed E-state index contributed by atoms with van der Waals surface area (Å²) < 4.78 is 1.81. The number of rotatable bonds is 1. The van der Waals surface area contributed by atoms with Gasteiger partial charge in [0.25, 0.3) is 0 Å². The molecule has 2 aromatic heterocycles. The van der Waals surface area contributed by atoms with Gasteiger partial charge >= 0.3 is 0 Å². The number of anilines is 1. The van der Waals surface area contributed by atoms with Crippen molar-refractivity contribution in [3.05, 3.63) is 30.6 Å². The minimum absolute atomic E-state index is 0.154. The Kier molecular flexibility index (Phi) is 2.83. The maximum Gasteiger partial charge on any atom is 0.164 e. The maximum absolute atomic E-state index is 10.1. The van der Waals surface area contributed by atoms with Crippen LogP contribution < -0.4 is 5.73 Å². The number of para-hydroxylation sites is 1. The average Bonchev–Trinajstić information content (AvgIpc) is 2.80. The standard InChI is InChI=1S/C15H17N5O/c1-15(2,3)20-14-11(13(16)17-8-18-14)12(19-20)9-6-4-5-7-10(9)21/h4-8,21H,1-3H3,(H2,16,17,18). The first kappa shape index (κ1) is 13.4. The highest BCUT2D eigenvalue weighted by atomic mass is 16.3. The molecule has 0 aliphatic rings. The van der Waals surface area contributed by atoms with Gasteiger partial charge in [-0.05, 0) is 32.9 Å². The van der Waals surface area contributed by atoms with Crippen LogP contribution in [0.5, 0.6) is 5.75 Å². The first-order valence-corrected chi connectivity index (χ1v) is 6.67. The van der Waals surface area contributed by atoms with Crippen LogP contribution in [0.3, 0.4) is 0 Å². The van der Waals surface area contributed by atoms with E-state index in [1.54, 1.807) is 18.2 Å². The van der Waals surface area contributed by atoms with Crippen molar-refractivity contribution in [2.45, 2.75) is 26.3 Å². The molecule has 3 rings (SSSR count). The first-order valence-electron chi connectivity index (χ1n) is 6.67. The number of nitrogens with two attached hydrogens (primary N) is 1. The monoisotopic (exact) mass is 283 g/mol. The van der Waals surface area contributed by atoms with Crippen molar-refractivity contribution in [3.63, 3.8) is 0 Å². The van der Waals surface area contributed by atoms with Crippen LogP contribution in [0, 0.1) is 0 Å².